The summed E-state index contributed by atoms with van der Waals surface area (Å²) in [6, 6.07) is 3.70. The van der Waals surface area contributed by atoms with Gasteiger partial charge in [0.25, 0.3) is 0 Å². The predicted molar refractivity (Wildman–Crippen MR) is 107 cm³/mol. The van der Waals surface area contributed by atoms with E-state index in [1.54, 1.807) is 6.92 Å². The predicted octanol–water partition coefficient (Wildman–Crippen LogP) is 4.38. The van der Waals surface area contributed by atoms with Gasteiger partial charge in [-0.2, -0.15) is 0 Å². The molecule has 0 bridgehead atoms. The van der Waals surface area contributed by atoms with Crippen molar-refractivity contribution < 1.29 is 13.2 Å². The van der Waals surface area contributed by atoms with Gasteiger partial charge in [-0.3, -0.25) is 9.10 Å². The zero-order chi connectivity index (χ0) is 19.3. The Morgan fingerprint density at radius 1 is 1.08 bits per heavy atom. The average molecular weight is 421 g/mol. The van der Waals surface area contributed by atoms with Gasteiger partial charge in [0.15, 0.2) is 0 Å². The molecule has 0 aromatic heterocycles. The molecule has 1 aliphatic carbocycles. The first-order chi connectivity index (χ1) is 12.2. The van der Waals surface area contributed by atoms with Gasteiger partial charge in [0, 0.05) is 16.1 Å². The summed E-state index contributed by atoms with van der Waals surface area (Å²) < 4.78 is 25.8. The third kappa shape index (κ3) is 6.03. The van der Waals surface area contributed by atoms with E-state index in [0.29, 0.717) is 10.0 Å². The smallest absolute Gasteiger partial charge is 0.243 e. The lowest BCUT2D eigenvalue weighted by Gasteiger charge is -2.30. The molecule has 1 aromatic rings. The molecule has 0 saturated heterocycles. The largest absolute Gasteiger partial charge is 0.352 e. The Labute approximate surface area is 166 Å². The number of halogens is 2. The highest BCUT2D eigenvalue weighted by molar-refractivity contribution is 7.92. The van der Waals surface area contributed by atoms with E-state index >= 15 is 0 Å². The summed E-state index contributed by atoms with van der Waals surface area (Å²) in [5.74, 6) is -0.308. The van der Waals surface area contributed by atoms with E-state index in [1.165, 1.54) is 37.5 Å². The van der Waals surface area contributed by atoms with Gasteiger partial charge < -0.3 is 5.32 Å². The number of rotatable bonds is 5. The quantitative estimate of drug-likeness (QED) is 0.768. The number of nitrogens with zero attached hydrogens (tertiary/aromatic N) is 1. The van der Waals surface area contributed by atoms with Crippen LogP contribution >= 0.6 is 23.2 Å². The molecule has 2 rings (SSSR count). The first kappa shape index (κ1) is 21.3. The number of anilines is 1. The summed E-state index contributed by atoms with van der Waals surface area (Å²) in [5, 5.41) is 3.65. The van der Waals surface area contributed by atoms with E-state index in [-0.39, 0.29) is 17.6 Å². The van der Waals surface area contributed by atoms with E-state index in [4.69, 9.17) is 23.2 Å². The molecule has 1 saturated carbocycles. The molecule has 8 heteroatoms. The Kier molecular flexibility index (Phi) is 7.62. The molecule has 0 spiro atoms. The minimum atomic E-state index is -3.69. The van der Waals surface area contributed by atoms with Crippen LogP contribution in [0, 0.1) is 0 Å². The first-order valence-corrected chi connectivity index (χ1v) is 11.5. The van der Waals surface area contributed by atoms with Gasteiger partial charge in [-0.25, -0.2) is 8.42 Å². The van der Waals surface area contributed by atoms with Gasteiger partial charge in [-0.1, -0.05) is 55.3 Å². The normalized spacial score (nSPS) is 17.8. The molecule has 1 fully saturated rings. The lowest BCUT2D eigenvalue weighted by atomic mass is 9.96. The fraction of sp³-hybridized carbons (Fsp3) is 0.611. The summed E-state index contributed by atoms with van der Waals surface area (Å²) in [6.07, 6.45) is 8.70. The second kappa shape index (κ2) is 9.29. The van der Waals surface area contributed by atoms with Crippen molar-refractivity contribution in [1.82, 2.24) is 5.32 Å². The Morgan fingerprint density at radius 2 is 1.58 bits per heavy atom. The molecule has 1 N–H and O–H groups in total. The number of hydrogen-bond donors (Lipinski definition) is 1. The summed E-state index contributed by atoms with van der Waals surface area (Å²) in [6.45, 7) is 1.58. The lowest BCUT2D eigenvalue weighted by Crippen LogP contribution is -2.50. The first-order valence-electron chi connectivity index (χ1n) is 8.94. The van der Waals surface area contributed by atoms with Crippen molar-refractivity contribution in [1.29, 1.82) is 0 Å². The number of hydrogen-bond acceptors (Lipinski definition) is 3. The van der Waals surface area contributed by atoms with Crippen LogP contribution in [0.2, 0.25) is 10.0 Å². The summed E-state index contributed by atoms with van der Waals surface area (Å²) in [4.78, 5) is 12.8. The minimum absolute atomic E-state index is 0.0922. The van der Waals surface area contributed by atoms with Crippen LogP contribution in [0.25, 0.3) is 0 Å². The monoisotopic (exact) mass is 420 g/mol. The summed E-state index contributed by atoms with van der Waals surface area (Å²) >= 11 is 12.0. The number of benzene rings is 1. The maximum absolute atomic E-state index is 12.8. The molecule has 0 heterocycles. The standard InChI is InChI=1S/C18H26Cl2N2O3S/c1-13(18(23)21-16-8-6-4-3-5-7-9-16)22(26(2,24)25)17-11-14(19)10-15(20)12-17/h10-13,16H,3-9H2,1-2H3,(H,21,23). The molecule has 146 valence electrons. The van der Waals surface area contributed by atoms with Crippen LogP contribution < -0.4 is 9.62 Å². The van der Waals surface area contributed by atoms with Crippen LogP contribution in [0.3, 0.4) is 0 Å². The molecule has 1 atom stereocenters. The maximum Gasteiger partial charge on any atom is 0.243 e. The van der Waals surface area contributed by atoms with Crippen molar-refractivity contribution in [3.05, 3.63) is 28.2 Å². The van der Waals surface area contributed by atoms with Crippen LogP contribution in [0.1, 0.15) is 51.9 Å². The Bertz CT molecular complexity index is 712. The molecule has 0 radical (unpaired) electrons. The van der Waals surface area contributed by atoms with Crippen molar-refractivity contribution in [2.75, 3.05) is 10.6 Å². The van der Waals surface area contributed by atoms with Gasteiger partial charge >= 0.3 is 0 Å². The third-order valence-electron chi connectivity index (χ3n) is 4.64. The van der Waals surface area contributed by atoms with Gasteiger partial charge in [0.2, 0.25) is 15.9 Å². The second-order valence-electron chi connectivity index (χ2n) is 6.91. The Morgan fingerprint density at radius 3 is 2.08 bits per heavy atom. The van der Waals surface area contributed by atoms with E-state index in [1.807, 2.05) is 0 Å². The maximum atomic E-state index is 12.8. The molecular weight excluding hydrogens is 395 g/mol. The highest BCUT2D eigenvalue weighted by Gasteiger charge is 2.30. The van der Waals surface area contributed by atoms with Crippen LogP contribution in [-0.2, 0) is 14.8 Å². The van der Waals surface area contributed by atoms with E-state index in [9.17, 15) is 13.2 Å². The highest BCUT2D eigenvalue weighted by atomic mass is 35.5. The van der Waals surface area contributed by atoms with Crippen molar-refractivity contribution in [3.8, 4) is 0 Å². The van der Waals surface area contributed by atoms with Gasteiger partial charge in [-0.15, -0.1) is 0 Å². The van der Waals surface area contributed by atoms with Crippen molar-refractivity contribution in [2.24, 2.45) is 0 Å². The number of nitrogens with one attached hydrogen (secondary N) is 1. The zero-order valence-electron chi connectivity index (χ0n) is 15.2. The fourth-order valence-electron chi connectivity index (χ4n) is 3.40. The molecule has 5 nitrogen and oxygen atoms in total. The van der Waals surface area contributed by atoms with Crippen LogP contribution in [0.15, 0.2) is 18.2 Å². The Hall–Kier alpha value is -0.980. The van der Waals surface area contributed by atoms with Crippen LogP contribution in [0.4, 0.5) is 5.69 Å². The summed E-state index contributed by atoms with van der Waals surface area (Å²) in [5.41, 5.74) is 0.283. The fourth-order valence-corrected chi connectivity index (χ4v) is 5.07. The van der Waals surface area contributed by atoms with Crippen molar-refractivity contribution >= 4 is 44.8 Å². The van der Waals surface area contributed by atoms with Gasteiger partial charge in [-0.05, 0) is 38.0 Å². The van der Waals surface area contributed by atoms with Gasteiger partial charge in [0.1, 0.15) is 6.04 Å². The van der Waals surface area contributed by atoms with E-state index in [0.717, 1.165) is 36.2 Å². The van der Waals surface area contributed by atoms with Crippen molar-refractivity contribution in [2.45, 2.75) is 64.0 Å². The lowest BCUT2D eigenvalue weighted by molar-refractivity contribution is -0.122. The topological polar surface area (TPSA) is 66.5 Å². The van der Waals surface area contributed by atoms with E-state index in [2.05, 4.69) is 5.32 Å². The number of sulfonamides is 1. The van der Waals surface area contributed by atoms with Crippen LogP contribution in [0.5, 0.6) is 0 Å². The Balaban J connectivity index is 2.20. The minimum Gasteiger partial charge on any atom is -0.352 e. The zero-order valence-corrected chi connectivity index (χ0v) is 17.5. The molecule has 1 unspecified atom stereocenters. The van der Waals surface area contributed by atoms with Crippen LogP contribution in [-0.4, -0.2) is 32.7 Å². The second-order valence-corrected chi connectivity index (χ2v) is 9.65. The van der Waals surface area contributed by atoms with E-state index < -0.39 is 16.1 Å². The molecule has 0 aliphatic heterocycles. The van der Waals surface area contributed by atoms with Crippen molar-refractivity contribution in [3.63, 3.8) is 0 Å². The number of carbonyl (C=O) groups is 1. The molecule has 1 aromatic carbocycles. The molecule has 26 heavy (non-hydrogen) atoms. The highest BCUT2D eigenvalue weighted by Crippen LogP contribution is 2.28. The summed E-state index contributed by atoms with van der Waals surface area (Å²) in [7, 11) is -3.69. The molecule has 1 aliphatic rings. The molecular formula is C18H26Cl2N2O3S. The molecule has 1 amide bonds. The number of carbonyl (C=O) groups excluding carboxylic acids is 1. The SMILES string of the molecule is CC(C(=O)NC1CCCCCCC1)N(c1cc(Cl)cc(Cl)c1)S(C)(=O)=O. The van der Waals surface area contributed by atoms with Gasteiger partial charge in [0.05, 0.1) is 11.9 Å². The average Bonchev–Trinajstić information content (AvgIpc) is 2.47. The third-order valence-corrected chi connectivity index (χ3v) is 6.32. The number of amides is 1.